The molecule has 0 bridgehead atoms. The summed E-state index contributed by atoms with van der Waals surface area (Å²) in [6, 6.07) is 7.52. The normalized spacial score (nSPS) is 11.4. The second-order valence-corrected chi connectivity index (χ2v) is 3.68. The highest BCUT2D eigenvalue weighted by Gasteiger charge is 1.95. The first-order valence-corrected chi connectivity index (χ1v) is 5.49. The van der Waals surface area contributed by atoms with Gasteiger partial charge in [0.1, 0.15) is 0 Å². The van der Waals surface area contributed by atoms with Gasteiger partial charge in [-0.2, -0.15) is 0 Å². The number of hydrogen-bond acceptors (Lipinski definition) is 4. The summed E-state index contributed by atoms with van der Waals surface area (Å²) in [4.78, 5) is 0. The number of hydrogen-bond donors (Lipinski definition) is 4. The second kappa shape index (κ2) is 6.74. The van der Waals surface area contributed by atoms with E-state index in [9.17, 15) is 0 Å². The molecule has 0 spiro atoms. The van der Waals surface area contributed by atoms with E-state index in [1.165, 1.54) is 0 Å². The van der Waals surface area contributed by atoms with Crippen LogP contribution in [-0.4, -0.2) is 13.1 Å². The van der Waals surface area contributed by atoms with Crippen molar-refractivity contribution in [2.45, 2.75) is 12.8 Å². The van der Waals surface area contributed by atoms with E-state index < -0.39 is 0 Å². The van der Waals surface area contributed by atoms with Crippen molar-refractivity contribution < 1.29 is 0 Å². The largest absolute Gasteiger partial charge is 0.399 e. The molecule has 0 heterocycles. The summed E-state index contributed by atoms with van der Waals surface area (Å²) in [7, 11) is 0. The summed E-state index contributed by atoms with van der Waals surface area (Å²) < 4.78 is 0. The first-order chi connectivity index (χ1) is 7.74. The Bertz CT molecular complexity index is 347. The molecule has 0 fully saturated rings. The molecule has 4 heteroatoms. The van der Waals surface area contributed by atoms with Crippen LogP contribution in [0.1, 0.15) is 18.4 Å². The molecule has 0 saturated heterocycles. The molecular weight excluding hydrogens is 200 g/mol. The van der Waals surface area contributed by atoms with E-state index in [4.69, 9.17) is 17.2 Å². The molecule has 0 amide bonds. The molecule has 16 heavy (non-hydrogen) atoms. The van der Waals surface area contributed by atoms with Crippen LogP contribution in [-0.2, 0) is 0 Å². The maximum absolute atomic E-state index is 5.90. The zero-order valence-electron chi connectivity index (χ0n) is 9.45. The van der Waals surface area contributed by atoms with Gasteiger partial charge >= 0.3 is 0 Å². The number of nitrogens with one attached hydrogen (secondary N) is 1. The molecule has 4 nitrogen and oxygen atoms in total. The molecule has 88 valence electrons. The van der Waals surface area contributed by atoms with E-state index in [1.807, 2.05) is 30.5 Å². The van der Waals surface area contributed by atoms with Crippen LogP contribution < -0.4 is 22.5 Å². The summed E-state index contributed by atoms with van der Waals surface area (Å²) in [6.45, 7) is 1.62. The molecule has 1 aromatic carbocycles. The minimum Gasteiger partial charge on any atom is -0.399 e. The van der Waals surface area contributed by atoms with Gasteiger partial charge in [-0.25, -0.2) is 0 Å². The first kappa shape index (κ1) is 12.4. The van der Waals surface area contributed by atoms with Crippen molar-refractivity contribution in [2.24, 2.45) is 11.5 Å². The maximum Gasteiger partial charge on any atom is 0.0548 e. The molecule has 0 aliphatic carbocycles. The quantitative estimate of drug-likeness (QED) is 0.423. The molecular formula is C12H20N4. The lowest BCUT2D eigenvalue weighted by Gasteiger charge is -2.04. The van der Waals surface area contributed by atoms with Crippen LogP contribution in [0, 0.1) is 0 Å². The molecule has 1 aromatic rings. The van der Waals surface area contributed by atoms with E-state index >= 15 is 0 Å². The predicted octanol–water partition coefficient (Wildman–Crippen LogP) is 0.854. The van der Waals surface area contributed by atoms with Crippen molar-refractivity contribution in [2.75, 3.05) is 18.8 Å². The van der Waals surface area contributed by atoms with Gasteiger partial charge in [0, 0.05) is 24.0 Å². The van der Waals surface area contributed by atoms with E-state index in [0.29, 0.717) is 5.70 Å². The summed E-state index contributed by atoms with van der Waals surface area (Å²) in [5, 5.41) is 3.15. The van der Waals surface area contributed by atoms with E-state index in [2.05, 4.69) is 5.32 Å². The van der Waals surface area contributed by atoms with Gasteiger partial charge in [-0.15, -0.1) is 0 Å². The number of nitrogen functional groups attached to an aromatic ring is 1. The maximum atomic E-state index is 5.90. The van der Waals surface area contributed by atoms with E-state index in [1.54, 1.807) is 0 Å². The highest BCUT2D eigenvalue weighted by atomic mass is 14.8. The van der Waals surface area contributed by atoms with Crippen LogP contribution in [0.4, 0.5) is 5.69 Å². The molecule has 0 atom stereocenters. The number of anilines is 1. The third-order valence-electron chi connectivity index (χ3n) is 2.25. The second-order valence-electron chi connectivity index (χ2n) is 3.68. The molecule has 0 aromatic heterocycles. The molecule has 0 aliphatic heterocycles. The van der Waals surface area contributed by atoms with Gasteiger partial charge in [0.2, 0.25) is 0 Å². The predicted molar refractivity (Wildman–Crippen MR) is 69.3 cm³/mol. The summed E-state index contributed by atoms with van der Waals surface area (Å²) in [5.74, 6) is 0. The van der Waals surface area contributed by atoms with Gasteiger partial charge in [0.15, 0.2) is 0 Å². The number of nitrogens with two attached hydrogens (primary N) is 3. The third kappa shape index (κ3) is 4.23. The Labute approximate surface area is 96.5 Å². The Hall–Kier alpha value is -1.68. The zero-order chi connectivity index (χ0) is 11.8. The zero-order valence-corrected chi connectivity index (χ0v) is 9.45. The van der Waals surface area contributed by atoms with Crippen molar-refractivity contribution >= 4 is 11.4 Å². The van der Waals surface area contributed by atoms with Crippen molar-refractivity contribution in [1.29, 1.82) is 0 Å². The molecule has 0 unspecified atom stereocenters. The van der Waals surface area contributed by atoms with E-state index in [0.717, 1.165) is 37.2 Å². The summed E-state index contributed by atoms with van der Waals surface area (Å²) >= 11 is 0. The lowest BCUT2D eigenvalue weighted by Crippen LogP contribution is -2.12. The van der Waals surface area contributed by atoms with Crippen molar-refractivity contribution in [3.63, 3.8) is 0 Å². The summed E-state index contributed by atoms with van der Waals surface area (Å²) in [5.41, 5.74) is 19.3. The van der Waals surface area contributed by atoms with Gasteiger partial charge in [0.25, 0.3) is 0 Å². The highest BCUT2D eigenvalue weighted by molar-refractivity contribution is 5.65. The fourth-order valence-corrected chi connectivity index (χ4v) is 1.36. The lowest BCUT2D eigenvalue weighted by atomic mass is 10.1. The fourth-order valence-electron chi connectivity index (χ4n) is 1.36. The molecule has 0 radical (unpaired) electrons. The average Bonchev–Trinajstić information content (AvgIpc) is 2.28. The molecule has 7 N–H and O–H groups in total. The van der Waals surface area contributed by atoms with Crippen molar-refractivity contribution in [3.05, 3.63) is 36.0 Å². The van der Waals surface area contributed by atoms with Crippen LogP contribution in [0.3, 0.4) is 0 Å². The molecule has 0 saturated carbocycles. The van der Waals surface area contributed by atoms with Crippen molar-refractivity contribution in [3.8, 4) is 0 Å². The van der Waals surface area contributed by atoms with Gasteiger partial charge < -0.3 is 22.5 Å². The van der Waals surface area contributed by atoms with Crippen LogP contribution >= 0.6 is 0 Å². The van der Waals surface area contributed by atoms with Crippen LogP contribution in [0.15, 0.2) is 30.5 Å². The Morgan fingerprint density at radius 2 is 2.12 bits per heavy atom. The standard InChI is InChI=1S/C12H20N4/c13-6-1-2-7-16-9-12(15)10-4-3-5-11(14)8-10/h3-5,8-9,16H,1-2,6-7,13-15H2/b12-9-. The minimum absolute atomic E-state index is 0.694. The van der Waals surface area contributed by atoms with Gasteiger partial charge in [0.05, 0.1) is 5.70 Å². The summed E-state index contributed by atoms with van der Waals surface area (Å²) in [6.07, 6.45) is 3.89. The highest BCUT2D eigenvalue weighted by Crippen LogP contribution is 2.11. The van der Waals surface area contributed by atoms with Crippen LogP contribution in [0.25, 0.3) is 5.70 Å². The smallest absolute Gasteiger partial charge is 0.0548 e. The Kier molecular flexibility index (Phi) is 5.22. The first-order valence-electron chi connectivity index (χ1n) is 5.49. The number of unbranched alkanes of at least 4 members (excludes halogenated alkanes) is 1. The van der Waals surface area contributed by atoms with Crippen molar-refractivity contribution in [1.82, 2.24) is 5.32 Å². The van der Waals surface area contributed by atoms with E-state index in [-0.39, 0.29) is 0 Å². The van der Waals surface area contributed by atoms with Crippen LogP contribution in [0.5, 0.6) is 0 Å². The topological polar surface area (TPSA) is 90.1 Å². The number of rotatable bonds is 6. The monoisotopic (exact) mass is 220 g/mol. The average molecular weight is 220 g/mol. The Morgan fingerprint density at radius 1 is 1.31 bits per heavy atom. The lowest BCUT2D eigenvalue weighted by molar-refractivity contribution is 0.703. The minimum atomic E-state index is 0.694. The third-order valence-corrected chi connectivity index (χ3v) is 2.25. The SMILES string of the molecule is NCCCCN/C=C(\N)c1cccc(N)c1. The Balaban J connectivity index is 2.44. The van der Waals surface area contributed by atoms with Gasteiger partial charge in [-0.1, -0.05) is 12.1 Å². The number of benzene rings is 1. The molecule has 0 aliphatic rings. The van der Waals surface area contributed by atoms with Gasteiger partial charge in [-0.3, -0.25) is 0 Å². The Morgan fingerprint density at radius 3 is 2.81 bits per heavy atom. The molecule has 1 rings (SSSR count). The fraction of sp³-hybridized carbons (Fsp3) is 0.333. The van der Waals surface area contributed by atoms with Crippen LogP contribution in [0.2, 0.25) is 0 Å². The van der Waals surface area contributed by atoms with Gasteiger partial charge in [-0.05, 0) is 31.5 Å².